The Hall–Kier alpha value is -4.65. The van der Waals surface area contributed by atoms with E-state index in [1.165, 1.54) is 12.1 Å². The van der Waals surface area contributed by atoms with Gasteiger partial charge in [-0.2, -0.15) is 0 Å². The highest BCUT2D eigenvalue weighted by Crippen LogP contribution is 2.39. The lowest BCUT2D eigenvalue weighted by molar-refractivity contribution is -0.384. The molecule has 1 amide bonds. The van der Waals surface area contributed by atoms with Crippen molar-refractivity contribution in [1.82, 2.24) is 0 Å². The van der Waals surface area contributed by atoms with Gasteiger partial charge in [0.15, 0.2) is 0 Å². The van der Waals surface area contributed by atoms with Gasteiger partial charge in [-0.15, -0.1) is 0 Å². The molecule has 1 N–H and O–H groups in total. The molecule has 0 bridgehead atoms. The Morgan fingerprint density at radius 2 is 1.53 bits per heavy atom. The molecule has 0 saturated carbocycles. The predicted octanol–water partition coefficient (Wildman–Crippen LogP) is 5.94. The summed E-state index contributed by atoms with van der Waals surface area (Å²) in [7, 11) is 0. The van der Waals surface area contributed by atoms with Crippen LogP contribution in [0.2, 0.25) is 0 Å². The smallest absolute Gasteiger partial charge is 0.269 e. The summed E-state index contributed by atoms with van der Waals surface area (Å²) in [6.45, 7) is 0.234. The van der Waals surface area contributed by atoms with Gasteiger partial charge in [-0.3, -0.25) is 19.8 Å². The van der Waals surface area contributed by atoms with Crippen LogP contribution in [0.15, 0.2) is 103 Å². The van der Waals surface area contributed by atoms with E-state index in [0.717, 1.165) is 22.5 Å². The maximum atomic E-state index is 13.6. The molecule has 1 heterocycles. The topological polar surface area (TPSA) is 84.7 Å². The maximum Gasteiger partial charge on any atom is 0.269 e. The van der Waals surface area contributed by atoms with Gasteiger partial charge in [0.05, 0.1) is 10.5 Å². The summed E-state index contributed by atoms with van der Waals surface area (Å²) in [5, 5.41) is 14.4. The Balaban J connectivity index is 1.49. The van der Waals surface area contributed by atoms with Crippen LogP contribution in [0.4, 0.5) is 17.1 Å². The number of hydrogen-bond donors (Lipinski definition) is 1. The van der Waals surface area contributed by atoms with Gasteiger partial charge in [0, 0.05) is 29.1 Å². The van der Waals surface area contributed by atoms with E-state index < -0.39 is 11.1 Å². The first-order valence-corrected chi connectivity index (χ1v) is 10.8. The second-order valence-corrected chi connectivity index (χ2v) is 7.85. The van der Waals surface area contributed by atoms with E-state index in [1.54, 1.807) is 17.0 Å². The van der Waals surface area contributed by atoms with Crippen LogP contribution in [-0.4, -0.2) is 10.8 Å². The van der Waals surface area contributed by atoms with Gasteiger partial charge >= 0.3 is 0 Å². The number of non-ortho nitro benzene ring substituents is 1. The first-order chi connectivity index (χ1) is 16.6. The Kier molecular flexibility index (Phi) is 5.66. The van der Waals surface area contributed by atoms with Crippen LogP contribution in [-0.2, 0) is 6.61 Å². The minimum atomic E-state index is -0.488. The molecule has 4 aromatic carbocycles. The number of carbonyl (C=O) groups excluding carboxylic acids is 1. The number of carbonyl (C=O) groups is 1. The highest BCUT2D eigenvalue weighted by atomic mass is 16.6. The fourth-order valence-electron chi connectivity index (χ4n) is 4.04. The third kappa shape index (κ3) is 4.06. The van der Waals surface area contributed by atoms with Crippen molar-refractivity contribution in [2.45, 2.75) is 12.8 Å². The van der Waals surface area contributed by atoms with E-state index in [0.29, 0.717) is 11.3 Å². The third-order valence-electron chi connectivity index (χ3n) is 5.72. The van der Waals surface area contributed by atoms with Crippen molar-refractivity contribution in [3.05, 3.63) is 130 Å². The maximum absolute atomic E-state index is 13.6. The molecule has 0 radical (unpaired) electrons. The lowest BCUT2D eigenvalue weighted by Gasteiger charge is -2.38. The second-order valence-electron chi connectivity index (χ2n) is 7.85. The third-order valence-corrected chi connectivity index (χ3v) is 5.72. The zero-order valence-electron chi connectivity index (χ0n) is 18.1. The lowest BCUT2D eigenvalue weighted by Crippen LogP contribution is -2.43. The van der Waals surface area contributed by atoms with E-state index in [9.17, 15) is 14.9 Å². The minimum absolute atomic E-state index is 0.0336. The molecule has 0 aliphatic carbocycles. The molecule has 0 unspecified atom stereocenters. The van der Waals surface area contributed by atoms with Gasteiger partial charge in [-0.05, 0) is 48.0 Å². The molecule has 34 heavy (non-hydrogen) atoms. The van der Waals surface area contributed by atoms with E-state index in [-0.39, 0.29) is 18.2 Å². The summed E-state index contributed by atoms with van der Waals surface area (Å²) in [4.78, 5) is 25.8. The van der Waals surface area contributed by atoms with Crippen molar-refractivity contribution in [3.8, 4) is 5.75 Å². The van der Waals surface area contributed by atoms with Gasteiger partial charge in [0.1, 0.15) is 18.5 Å². The lowest BCUT2D eigenvalue weighted by atomic mass is 10.0. The number of nitro benzene ring substituents is 1. The van der Waals surface area contributed by atoms with Gasteiger partial charge in [-0.1, -0.05) is 48.5 Å². The second kappa shape index (κ2) is 9.07. The zero-order valence-corrected chi connectivity index (χ0v) is 18.1. The summed E-state index contributed by atoms with van der Waals surface area (Å²) in [5.41, 5.74) is 3.77. The monoisotopic (exact) mass is 451 g/mol. The molecular weight excluding hydrogens is 430 g/mol. The van der Waals surface area contributed by atoms with E-state index in [2.05, 4.69) is 5.32 Å². The van der Waals surface area contributed by atoms with Crippen molar-refractivity contribution >= 4 is 23.0 Å². The van der Waals surface area contributed by atoms with Crippen molar-refractivity contribution in [3.63, 3.8) is 0 Å². The molecule has 1 aliphatic heterocycles. The molecule has 4 aromatic rings. The molecule has 168 valence electrons. The predicted molar refractivity (Wildman–Crippen MR) is 130 cm³/mol. The molecule has 0 spiro atoms. The normalized spacial score (nSPS) is 14.8. The molecule has 5 rings (SSSR count). The van der Waals surface area contributed by atoms with Crippen LogP contribution in [0.5, 0.6) is 5.75 Å². The number of hydrogen-bond acceptors (Lipinski definition) is 5. The largest absolute Gasteiger partial charge is 0.488 e. The number of fused-ring (bicyclic) bond motifs is 1. The highest BCUT2D eigenvalue weighted by molar-refractivity contribution is 6.12. The first-order valence-electron chi connectivity index (χ1n) is 10.8. The summed E-state index contributed by atoms with van der Waals surface area (Å²) in [6, 6.07) is 30.8. The van der Waals surface area contributed by atoms with Crippen molar-refractivity contribution in [1.29, 1.82) is 0 Å². The zero-order chi connectivity index (χ0) is 23.5. The summed E-state index contributed by atoms with van der Waals surface area (Å²) in [5.74, 6) is 0.516. The Labute approximate surface area is 196 Å². The van der Waals surface area contributed by atoms with Gasteiger partial charge in [-0.25, -0.2) is 0 Å². The number of nitrogens with one attached hydrogen (secondary N) is 1. The van der Waals surface area contributed by atoms with Gasteiger partial charge in [0.25, 0.3) is 11.6 Å². The Morgan fingerprint density at radius 3 is 2.29 bits per heavy atom. The Bertz CT molecular complexity index is 1340. The molecule has 7 nitrogen and oxygen atoms in total. The summed E-state index contributed by atoms with van der Waals surface area (Å²) in [6.07, 6.45) is -0.488. The molecule has 0 saturated heterocycles. The molecule has 7 heteroatoms. The van der Waals surface area contributed by atoms with Crippen LogP contribution in [0.25, 0.3) is 0 Å². The van der Waals surface area contributed by atoms with Crippen LogP contribution >= 0.6 is 0 Å². The molecular formula is C27H21N3O4. The highest BCUT2D eigenvalue weighted by Gasteiger charge is 2.35. The van der Waals surface area contributed by atoms with Crippen molar-refractivity contribution in [2.75, 3.05) is 10.2 Å². The van der Waals surface area contributed by atoms with Gasteiger partial charge in [0.2, 0.25) is 0 Å². The molecule has 0 fully saturated rings. The van der Waals surface area contributed by atoms with Crippen LogP contribution < -0.4 is 15.0 Å². The number of para-hydroxylation sites is 3. The SMILES string of the molecule is O=C1c2ccccc2N[C@@H](c2ccccc2OCc2ccc([N+](=O)[O-])cc2)N1c1ccccc1. The van der Waals surface area contributed by atoms with E-state index >= 15 is 0 Å². The quantitative estimate of drug-likeness (QED) is 0.289. The number of ether oxygens (including phenoxy) is 1. The minimum Gasteiger partial charge on any atom is -0.488 e. The molecule has 0 aromatic heterocycles. The van der Waals surface area contributed by atoms with E-state index in [1.807, 2.05) is 78.9 Å². The summed E-state index contributed by atoms with van der Waals surface area (Å²) < 4.78 is 6.14. The average molecular weight is 451 g/mol. The number of nitro groups is 1. The fraction of sp³-hybridized carbons (Fsp3) is 0.0741. The summed E-state index contributed by atoms with van der Waals surface area (Å²) >= 11 is 0. The Morgan fingerprint density at radius 1 is 0.853 bits per heavy atom. The van der Waals surface area contributed by atoms with Crippen LogP contribution in [0.1, 0.15) is 27.7 Å². The van der Waals surface area contributed by atoms with E-state index in [4.69, 9.17) is 4.74 Å². The average Bonchev–Trinajstić information content (AvgIpc) is 2.88. The fourth-order valence-corrected chi connectivity index (χ4v) is 4.04. The first kappa shape index (κ1) is 21.2. The van der Waals surface area contributed by atoms with Crippen LogP contribution in [0, 0.1) is 10.1 Å². The number of amides is 1. The number of benzene rings is 4. The van der Waals surface area contributed by atoms with Gasteiger partial charge < -0.3 is 10.1 Å². The molecule has 1 atom stereocenters. The van der Waals surface area contributed by atoms with Crippen molar-refractivity contribution < 1.29 is 14.5 Å². The molecule has 1 aliphatic rings. The number of nitrogens with zero attached hydrogens (tertiary/aromatic N) is 2. The van der Waals surface area contributed by atoms with Crippen LogP contribution in [0.3, 0.4) is 0 Å². The standard InChI is InChI=1S/C27H21N3O4/c31-27-22-10-4-6-12-24(22)28-26(29(27)20-8-2-1-3-9-20)23-11-5-7-13-25(23)34-18-19-14-16-21(17-15-19)30(32)33/h1-17,26,28H,18H2/t26-/m1/s1. The van der Waals surface area contributed by atoms with Crippen molar-refractivity contribution in [2.24, 2.45) is 0 Å². The number of anilines is 2. The number of rotatable bonds is 6.